The SMILES string of the molecule is CCCCCCCCCCCCCCCCCCN(C)C(=O)[C@H](COP(=O)(O)OC[C@H]1O[C@@](C#N)(c2ccc3c(N)ccnn23)[C@H](O)[C@@H]1O)OCc1cc(F)cc(C#N)c1. The average molecular weight is 857 g/mol. The number of nitriles is 2. The molecule has 0 radical (unpaired) electrons. The standard InChI is InChI=1S/C43H62FN6O9P/c1-3-4-5-6-7-8-9-10-11-12-13-14-15-16-17-18-23-49(2)42(53)38(56-28-33-24-32(27-45)25-34(44)26-33)30-58-60(54,55)57-29-37-40(51)41(52)43(31-46,59-37)39-20-19-36-35(47)21-22-48-50(36)39/h19-22,24-26,37-38,40-41,51-52H,3-18,23,28-30,47H2,1-2H3,(H,54,55)/t37-,38+,40-,41-,43+/m1/s1. The van der Waals surface area contributed by atoms with Gasteiger partial charge in [-0.15, -0.1) is 0 Å². The third kappa shape index (κ3) is 14.0. The third-order valence-electron chi connectivity index (χ3n) is 10.9. The maximum Gasteiger partial charge on any atom is 0.472 e. The second-order valence-electron chi connectivity index (χ2n) is 15.6. The van der Waals surface area contributed by atoms with Crippen LogP contribution in [0.1, 0.15) is 126 Å². The van der Waals surface area contributed by atoms with Crippen molar-refractivity contribution in [1.29, 1.82) is 10.5 Å². The molecule has 15 nitrogen and oxygen atoms in total. The molecule has 1 aliphatic rings. The average Bonchev–Trinajstić information content (AvgIpc) is 3.78. The van der Waals surface area contributed by atoms with Gasteiger partial charge in [0.25, 0.3) is 5.91 Å². The Morgan fingerprint density at radius 1 is 0.983 bits per heavy atom. The fourth-order valence-corrected chi connectivity index (χ4v) is 8.17. The number of carbonyl (C=O) groups is 1. The van der Waals surface area contributed by atoms with E-state index in [1.165, 1.54) is 105 Å². The summed E-state index contributed by atoms with van der Waals surface area (Å²) in [5.41, 5.74) is 5.00. The quantitative estimate of drug-likeness (QED) is 0.0419. The van der Waals surface area contributed by atoms with E-state index >= 15 is 0 Å². The summed E-state index contributed by atoms with van der Waals surface area (Å²) >= 11 is 0. The summed E-state index contributed by atoms with van der Waals surface area (Å²) in [5.74, 6) is -1.23. The number of fused-ring (bicyclic) bond motifs is 1. The summed E-state index contributed by atoms with van der Waals surface area (Å²) in [7, 11) is -3.40. The van der Waals surface area contributed by atoms with Gasteiger partial charge in [-0.3, -0.25) is 13.8 Å². The van der Waals surface area contributed by atoms with Crippen LogP contribution in [0.15, 0.2) is 42.6 Å². The van der Waals surface area contributed by atoms with E-state index < -0.39 is 62.8 Å². The zero-order valence-corrected chi connectivity index (χ0v) is 35.8. The van der Waals surface area contributed by atoms with Gasteiger partial charge in [-0.2, -0.15) is 15.6 Å². The van der Waals surface area contributed by atoms with E-state index in [1.54, 1.807) is 19.2 Å². The Morgan fingerprint density at radius 2 is 1.60 bits per heavy atom. The zero-order chi connectivity index (χ0) is 43.5. The van der Waals surface area contributed by atoms with Gasteiger partial charge in [0, 0.05) is 19.8 Å². The van der Waals surface area contributed by atoms with Crippen LogP contribution in [-0.4, -0.2) is 86.7 Å². The number of likely N-dealkylation sites (N-methyl/N-ethyl adjacent to an activating group) is 1. The number of phosphoric acid groups is 1. The summed E-state index contributed by atoms with van der Waals surface area (Å²) in [6, 6.07) is 11.9. The first kappa shape index (κ1) is 48.7. The number of rotatable bonds is 28. The molecular weight excluding hydrogens is 794 g/mol. The van der Waals surface area contributed by atoms with Crippen LogP contribution in [0.5, 0.6) is 0 Å². The van der Waals surface area contributed by atoms with E-state index in [4.69, 9.17) is 24.3 Å². The molecule has 5 N–H and O–H groups in total. The van der Waals surface area contributed by atoms with Gasteiger partial charge in [-0.05, 0) is 48.4 Å². The van der Waals surface area contributed by atoms with E-state index in [2.05, 4.69) is 12.0 Å². The Hall–Kier alpha value is -3.96. The smallest absolute Gasteiger partial charge is 0.397 e. The molecule has 17 heteroatoms. The van der Waals surface area contributed by atoms with Crippen molar-refractivity contribution >= 4 is 24.9 Å². The van der Waals surface area contributed by atoms with Crippen LogP contribution in [0.3, 0.4) is 0 Å². The van der Waals surface area contributed by atoms with Crippen molar-refractivity contribution in [2.24, 2.45) is 0 Å². The van der Waals surface area contributed by atoms with Crippen molar-refractivity contribution in [1.82, 2.24) is 14.5 Å². The minimum absolute atomic E-state index is 0.0500. The summed E-state index contributed by atoms with van der Waals surface area (Å²) < 4.78 is 50.5. The number of aromatic nitrogens is 2. The highest BCUT2D eigenvalue weighted by atomic mass is 31.2. The van der Waals surface area contributed by atoms with Gasteiger partial charge in [0.2, 0.25) is 5.60 Å². The number of carbonyl (C=O) groups excluding carboxylic acids is 1. The summed E-state index contributed by atoms with van der Waals surface area (Å²) in [6.07, 6.45) is 14.4. The topological polar surface area (TPSA) is 226 Å². The molecule has 1 fully saturated rings. The second-order valence-corrected chi connectivity index (χ2v) is 17.1. The maximum atomic E-state index is 14.2. The minimum Gasteiger partial charge on any atom is -0.397 e. The number of benzene rings is 1. The Morgan fingerprint density at radius 3 is 2.20 bits per heavy atom. The molecular formula is C43H62FN6O9P. The number of hydrogen-bond acceptors (Lipinski definition) is 12. The number of nitrogens with two attached hydrogens (primary N) is 1. The minimum atomic E-state index is -4.99. The molecule has 1 aromatic carbocycles. The lowest BCUT2D eigenvalue weighted by Crippen LogP contribution is -2.41. The van der Waals surface area contributed by atoms with Crippen LogP contribution in [-0.2, 0) is 40.1 Å². The normalized spacial score (nSPS) is 20.4. The lowest BCUT2D eigenvalue weighted by molar-refractivity contribution is -0.145. The second kappa shape index (κ2) is 24.5. The lowest BCUT2D eigenvalue weighted by Gasteiger charge is -2.25. The van der Waals surface area contributed by atoms with Crippen molar-refractivity contribution < 1.29 is 47.4 Å². The monoisotopic (exact) mass is 856 g/mol. The Kier molecular flexibility index (Phi) is 19.9. The van der Waals surface area contributed by atoms with Gasteiger partial charge in [-0.1, -0.05) is 103 Å². The first-order valence-corrected chi connectivity index (χ1v) is 22.7. The number of aliphatic hydroxyl groups is 2. The van der Waals surface area contributed by atoms with Crippen LogP contribution in [0.4, 0.5) is 10.1 Å². The predicted octanol–water partition coefficient (Wildman–Crippen LogP) is 7.21. The van der Waals surface area contributed by atoms with Gasteiger partial charge in [-0.25, -0.2) is 13.5 Å². The molecule has 2 aromatic heterocycles. The number of hydrogen-bond donors (Lipinski definition) is 4. The molecule has 1 amide bonds. The Bertz CT molecular complexity index is 1940. The van der Waals surface area contributed by atoms with E-state index in [9.17, 15) is 39.4 Å². The number of halogens is 1. The number of ether oxygens (including phenoxy) is 2. The van der Waals surface area contributed by atoms with Crippen LogP contribution < -0.4 is 5.73 Å². The zero-order valence-electron chi connectivity index (χ0n) is 34.9. The number of phosphoric ester groups is 1. The van der Waals surface area contributed by atoms with Crippen LogP contribution in [0.25, 0.3) is 5.52 Å². The molecule has 3 heterocycles. The highest BCUT2D eigenvalue weighted by Gasteiger charge is 2.58. The van der Waals surface area contributed by atoms with Crippen LogP contribution in [0, 0.1) is 28.5 Å². The van der Waals surface area contributed by atoms with Gasteiger partial charge in [0.1, 0.15) is 30.2 Å². The fourth-order valence-electron chi connectivity index (χ4n) is 7.44. The summed E-state index contributed by atoms with van der Waals surface area (Å²) in [6.45, 7) is 0.764. The van der Waals surface area contributed by atoms with E-state index in [-0.39, 0.29) is 23.4 Å². The molecule has 1 unspecified atom stereocenters. The molecule has 4 rings (SSSR count). The van der Waals surface area contributed by atoms with E-state index in [0.29, 0.717) is 17.7 Å². The molecule has 3 aromatic rings. The van der Waals surface area contributed by atoms with E-state index in [1.807, 2.05) is 12.1 Å². The lowest BCUT2D eigenvalue weighted by atomic mass is 9.92. The van der Waals surface area contributed by atoms with Gasteiger partial charge in [0.15, 0.2) is 6.10 Å². The molecule has 0 spiro atoms. The Balaban J connectivity index is 1.26. The molecule has 1 saturated heterocycles. The van der Waals surface area contributed by atoms with Crippen molar-refractivity contribution in [3.63, 3.8) is 0 Å². The number of aliphatic hydroxyl groups excluding tert-OH is 2. The van der Waals surface area contributed by atoms with Gasteiger partial charge >= 0.3 is 7.82 Å². The van der Waals surface area contributed by atoms with Crippen molar-refractivity contribution in [3.05, 3.63) is 65.2 Å². The number of nitrogen functional groups attached to an aromatic ring is 1. The molecule has 0 bridgehead atoms. The number of anilines is 1. The summed E-state index contributed by atoms with van der Waals surface area (Å²) in [4.78, 5) is 25.7. The van der Waals surface area contributed by atoms with E-state index in [0.717, 1.165) is 37.8 Å². The predicted molar refractivity (Wildman–Crippen MR) is 222 cm³/mol. The van der Waals surface area contributed by atoms with Crippen molar-refractivity contribution in [2.45, 2.75) is 146 Å². The van der Waals surface area contributed by atoms with Crippen LogP contribution >= 0.6 is 7.82 Å². The van der Waals surface area contributed by atoms with Crippen molar-refractivity contribution in [3.8, 4) is 12.1 Å². The third-order valence-corrected chi connectivity index (χ3v) is 11.9. The molecule has 0 aliphatic carbocycles. The summed E-state index contributed by atoms with van der Waals surface area (Å²) in [5, 5.41) is 45.5. The van der Waals surface area contributed by atoms with Gasteiger partial charge < -0.3 is 35.2 Å². The highest BCUT2D eigenvalue weighted by Crippen LogP contribution is 2.46. The maximum absolute atomic E-state index is 14.2. The fraction of sp³-hybridized carbons (Fsp3) is 0.628. The number of unbranched alkanes of at least 4 members (excludes halogenated alkanes) is 15. The number of amides is 1. The molecule has 0 saturated carbocycles. The van der Waals surface area contributed by atoms with Crippen LogP contribution in [0.2, 0.25) is 0 Å². The Labute approximate surface area is 352 Å². The van der Waals surface area contributed by atoms with Gasteiger partial charge in [0.05, 0.1) is 48.4 Å². The molecule has 330 valence electrons. The number of nitrogens with zero attached hydrogens (tertiary/aromatic N) is 5. The highest BCUT2D eigenvalue weighted by molar-refractivity contribution is 7.47. The molecule has 6 atom stereocenters. The molecule has 1 aliphatic heterocycles. The molecule has 60 heavy (non-hydrogen) atoms. The van der Waals surface area contributed by atoms with Crippen molar-refractivity contribution in [2.75, 3.05) is 32.5 Å². The first-order chi connectivity index (χ1) is 28.9. The first-order valence-electron chi connectivity index (χ1n) is 21.2. The largest absolute Gasteiger partial charge is 0.472 e.